The van der Waals surface area contributed by atoms with E-state index in [4.69, 9.17) is 16.3 Å². The first-order valence-electron chi connectivity index (χ1n) is 6.76. The van der Waals surface area contributed by atoms with Crippen LogP contribution < -0.4 is 5.32 Å². The molecule has 1 aromatic carbocycles. The topological polar surface area (TPSA) is 21.3 Å². The van der Waals surface area contributed by atoms with Crippen LogP contribution in [0.5, 0.6) is 0 Å². The van der Waals surface area contributed by atoms with E-state index in [9.17, 15) is 0 Å². The molecule has 20 heavy (non-hydrogen) atoms. The van der Waals surface area contributed by atoms with E-state index in [1.54, 1.807) is 18.4 Å². The SMILES string of the molecule is COCCNCC(Cc1ccsc1)c1ccc(Cl)cc1. The molecule has 1 aromatic heterocycles. The lowest BCUT2D eigenvalue weighted by atomic mass is 9.93. The highest BCUT2D eigenvalue weighted by Crippen LogP contribution is 2.23. The van der Waals surface area contributed by atoms with Gasteiger partial charge < -0.3 is 10.1 Å². The quantitative estimate of drug-likeness (QED) is 0.745. The molecule has 108 valence electrons. The first kappa shape index (κ1) is 15.5. The van der Waals surface area contributed by atoms with Crippen molar-refractivity contribution < 1.29 is 4.74 Å². The van der Waals surface area contributed by atoms with Crippen molar-refractivity contribution in [2.45, 2.75) is 12.3 Å². The summed E-state index contributed by atoms with van der Waals surface area (Å²) in [5.41, 5.74) is 2.72. The van der Waals surface area contributed by atoms with E-state index in [-0.39, 0.29) is 0 Å². The molecule has 0 radical (unpaired) electrons. The third kappa shape index (κ3) is 4.91. The van der Waals surface area contributed by atoms with Gasteiger partial charge in [-0.15, -0.1) is 0 Å². The second-order valence-electron chi connectivity index (χ2n) is 4.78. The molecule has 1 heterocycles. The van der Waals surface area contributed by atoms with Crippen LogP contribution in [0.3, 0.4) is 0 Å². The molecule has 0 saturated heterocycles. The zero-order chi connectivity index (χ0) is 14.2. The van der Waals surface area contributed by atoms with Crippen LogP contribution in [0.25, 0.3) is 0 Å². The van der Waals surface area contributed by atoms with Crippen molar-refractivity contribution in [2.75, 3.05) is 26.8 Å². The number of nitrogens with one attached hydrogen (secondary N) is 1. The van der Waals surface area contributed by atoms with Crippen LogP contribution >= 0.6 is 22.9 Å². The number of methoxy groups -OCH3 is 1. The Labute approximate surface area is 129 Å². The lowest BCUT2D eigenvalue weighted by molar-refractivity contribution is 0.199. The van der Waals surface area contributed by atoms with Crippen LogP contribution in [0.2, 0.25) is 5.02 Å². The van der Waals surface area contributed by atoms with Gasteiger partial charge in [0.1, 0.15) is 0 Å². The van der Waals surface area contributed by atoms with E-state index < -0.39 is 0 Å². The van der Waals surface area contributed by atoms with Gasteiger partial charge in [-0.3, -0.25) is 0 Å². The van der Waals surface area contributed by atoms with Crippen LogP contribution in [0, 0.1) is 0 Å². The maximum Gasteiger partial charge on any atom is 0.0587 e. The fourth-order valence-corrected chi connectivity index (χ4v) is 2.99. The molecule has 0 aliphatic rings. The third-order valence-corrected chi connectivity index (χ3v) is 4.26. The molecule has 1 N–H and O–H groups in total. The molecule has 0 aliphatic heterocycles. The summed E-state index contributed by atoms with van der Waals surface area (Å²) >= 11 is 7.72. The lowest BCUT2D eigenvalue weighted by Gasteiger charge is -2.18. The number of ether oxygens (including phenoxy) is 1. The number of hydrogen-bond donors (Lipinski definition) is 1. The molecule has 1 atom stereocenters. The highest BCUT2D eigenvalue weighted by atomic mass is 35.5. The van der Waals surface area contributed by atoms with Gasteiger partial charge in [-0.2, -0.15) is 11.3 Å². The molecular formula is C16H20ClNOS. The van der Waals surface area contributed by atoms with E-state index in [2.05, 4.69) is 34.3 Å². The van der Waals surface area contributed by atoms with Crippen molar-refractivity contribution in [2.24, 2.45) is 0 Å². The van der Waals surface area contributed by atoms with Crippen LogP contribution in [0.15, 0.2) is 41.1 Å². The number of benzene rings is 1. The first-order chi connectivity index (χ1) is 9.79. The Morgan fingerprint density at radius 3 is 2.70 bits per heavy atom. The number of thiophene rings is 1. The Kier molecular flexibility index (Phi) is 6.54. The number of hydrogen-bond acceptors (Lipinski definition) is 3. The van der Waals surface area contributed by atoms with Gasteiger partial charge in [-0.1, -0.05) is 23.7 Å². The average Bonchev–Trinajstić information content (AvgIpc) is 2.96. The summed E-state index contributed by atoms with van der Waals surface area (Å²) in [5, 5.41) is 8.60. The van der Waals surface area contributed by atoms with E-state index in [0.29, 0.717) is 5.92 Å². The summed E-state index contributed by atoms with van der Waals surface area (Å²) in [4.78, 5) is 0. The maximum atomic E-state index is 5.97. The first-order valence-corrected chi connectivity index (χ1v) is 8.08. The average molecular weight is 310 g/mol. The van der Waals surface area contributed by atoms with E-state index in [0.717, 1.165) is 31.1 Å². The zero-order valence-electron chi connectivity index (χ0n) is 11.6. The lowest BCUT2D eigenvalue weighted by Crippen LogP contribution is -2.26. The molecule has 0 aliphatic carbocycles. The van der Waals surface area contributed by atoms with Gasteiger partial charge in [0.25, 0.3) is 0 Å². The molecule has 0 amide bonds. The fourth-order valence-electron chi connectivity index (χ4n) is 2.19. The number of rotatable bonds is 8. The van der Waals surface area contributed by atoms with Crippen molar-refractivity contribution in [1.29, 1.82) is 0 Å². The van der Waals surface area contributed by atoms with Gasteiger partial charge in [0.15, 0.2) is 0 Å². The minimum atomic E-state index is 0.457. The summed E-state index contributed by atoms with van der Waals surface area (Å²) in [6.07, 6.45) is 1.05. The minimum Gasteiger partial charge on any atom is -0.383 e. The van der Waals surface area contributed by atoms with E-state index >= 15 is 0 Å². The summed E-state index contributed by atoms with van der Waals surface area (Å²) in [5.74, 6) is 0.457. The molecule has 0 saturated carbocycles. The molecule has 0 spiro atoms. The van der Waals surface area contributed by atoms with Crippen molar-refractivity contribution in [3.05, 3.63) is 57.2 Å². The van der Waals surface area contributed by atoms with Crippen LogP contribution in [-0.2, 0) is 11.2 Å². The largest absolute Gasteiger partial charge is 0.383 e. The second-order valence-corrected chi connectivity index (χ2v) is 6.00. The zero-order valence-corrected chi connectivity index (χ0v) is 13.2. The van der Waals surface area contributed by atoms with Crippen molar-refractivity contribution in [3.63, 3.8) is 0 Å². The summed E-state index contributed by atoms with van der Waals surface area (Å²) in [6, 6.07) is 10.4. The predicted molar refractivity (Wildman–Crippen MR) is 87.0 cm³/mol. The van der Waals surface area contributed by atoms with E-state index in [1.807, 2.05) is 12.1 Å². The van der Waals surface area contributed by atoms with Crippen LogP contribution in [0.4, 0.5) is 0 Å². The molecule has 2 aromatic rings. The van der Waals surface area contributed by atoms with Crippen molar-refractivity contribution in [1.82, 2.24) is 5.32 Å². The predicted octanol–water partition coefficient (Wildman–Crippen LogP) is 3.96. The van der Waals surface area contributed by atoms with Gasteiger partial charge in [-0.05, 0) is 46.5 Å². The standard InChI is InChI=1S/C16H20ClNOS/c1-19-8-7-18-11-15(10-13-6-9-20-12-13)14-2-4-16(17)5-3-14/h2-6,9,12,15,18H,7-8,10-11H2,1H3. The molecular weight excluding hydrogens is 290 g/mol. The van der Waals surface area contributed by atoms with Crippen molar-refractivity contribution in [3.8, 4) is 0 Å². The van der Waals surface area contributed by atoms with E-state index in [1.165, 1.54) is 11.1 Å². The summed E-state index contributed by atoms with van der Waals surface area (Å²) < 4.78 is 5.07. The second kappa shape index (κ2) is 8.42. The van der Waals surface area contributed by atoms with Crippen LogP contribution in [-0.4, -0.2) is 26.8 Å². The Hall–Kier alpha value is -0.870. The Balaban J connectivity index is 2.00. The minimum absolute atomic E-state index is 0.457. The summed E-state index contributed by atoms with van der Waals surface area (Å²) in [7, 11) is 1.73. The van der Waals surface area contributed by atoms with Gasteiger partial charge in [-0.25, -0.2) is 0 Å². The maximum absolute atomic E-state index is 5.97. The fraction of sp³-hybridized carbons (Fsp3) is 0.375. The molecule has 2 rings (SSSR count). The molecule has 0 bridgehead atoms. The smallest absolute Gasteiger partial charge is 0.0587 e. The Morgan fingerprint density at radius 2 is 2.05 bits per heavy atom. The van der Waals surface area contributed by atoms with Crippen molar-refractivity contribution >= 4 is 22.9 Å². The van der Waals surface area contributed by atoms with Gasteiger partial charge in [0.05, 0.1) is 6.61 Å². The molecule has 0 fully saturated rings. The monoisotopic (exact) mass is 309 g/mol. The van der Waals surface area contributed by atoms with Gasteiger partial charge in [0, 0.05) is 31.1 Å². The van der Waals surface area contributed by atoms with Crippen LogP contribution in [0.1, 0.15) is 17.0 Å². The Morgan fingerprint density at radius 1 is 1.25 bits per heavy atom. The highest BCUT2D eigenvalue weighted by Gasteiger charge is 2.12. The normalized spacial score (nSPS) is 12.5. The van der Waals surface area contributed by atoms with Gasteiger partial charge in [0.2, 0.25) is 0 Å². The summed E-state index contributed by atoms with van der Waals surface area (Å²) in [6.45, 7) is 2.57. The molecule has 2 nitrogen and oxygen atoms in total. The third-order valence-electron chi connectivity index (χ3n) is 3.28. The highest BCUT2D eigenvalue weighted by molar-refractivity contribution is 7.07. The molecule has 1 unspecified atom stereocenters. The molecule has 4 heteroatoms. The Bertz CT molecular complexity index is 484. The number of halogens is 1. The van der Waals surface area contributed by atoms with Gasteiger partial charge >= 0.3 is 0 Å².